The summed E-state index contributed by atoms with van der Waals surface area (Å²) >= 11 is 0.707. The molecule has 0 radical (unpaired) electrons. The van der Waals surface area contributed by atoms with E-state index in [1.54, 1.807) is 12.1 Å². The molecule has 1 unspecified atom stereocenters. The summed E-state index contributed by atoms with van der Waals surface area (Å²) in [4.78, 5) is 1.88. The lowest BCUT2D eigenvalue weighted by Crippen LogP contribution is -2.20. The highest BCUT2D eigenvalue weighted by Crippen LogP contribution is 2.44. The van der Waals surface area contributed by atoms with Gasteiger partial charge >= 0.3 is 0 Å². The van der Waals surface area contributed by atoms with E-state index in [1.807, 2.05) is 19.0 Å². The Morgan fingerprint density at radius 1 is 1.31 bits per heavy atom. The number of hydrogen-bond donors (Lipinski definition) is 2. The topological polar surface area (TPSA) is 118 Å². The number of hydrogen-bond acceptors (Lipinski definition) is 7. The average Bonchev–Trinajstić information content (AvgIpc) is 2.95. The molecule has 0 aliphatic carbocycles. The average molecular weight is 417 g/mol. The van der Waals surface area contributed by atoms with Crippen molar-refractivity contribution in [3.63, 3.8) is 0 Å². The number of sulfonamides is 1. The van der Waals surface area contributed by atoms with Gasteiger partial charge in [0, 0.05) is 12.1 Å². The van der Waals surface area contributed by atoms with E-state index < -0.39 is 25.1 Å². The maximum Gasteiger partial charge on any atom is 0.247 e. The molecule has 1 aliphatic heterocycles. The van der Waals surface area contributed by atoms with Gasteiger partial charge in [0.1, 0.15) is 14.2 Å². The van der Waals surface area contributed by atoms with Crippen LogP contribution in [0.25, 0.3) is 0 Å². The van der Waals surface area contributed by atoms with Crippen molar-refractivity contribution >= 4 is 31.2 Å². The number of phenolic OH excluding ortho intramolecular Hbond substituents is 1. The number of phenols is 1. The molecule has 0 fully saturated rings. The number of nitrogens with two attached hydrogens (primary N) is 1. The second-order valence-corrected chi connectivity index (χ2v) is 11.8. The van der Waals surface area contributed by atoms with E-state index in [2.05, 4.69) is 0 Å². The standard InChI is InChI=1S/C16H20N2O5S3/c1-18(2)9-12-7-10(3-5-13(12)19)14-6-4-11-8-15(26(17,22)23)24-16(11)25(14,20)21/h3,5,7-8,14,19H,4,6,9H2,1-2H3,(H2,17,22,23). The number of fused-ring (bicyclic) bond motifs is 1. The van der Waals surface area contributed by atoms with Crippen molar-refractivity contribution < 1.29 is 21.9 Å². The van der Waals surface area contributed by atoms with Crippen molar-refractivity contribution in [3.8, 4) is 5.75 Å². The lowest BCUT2D eigenvalue weighted by atomic mass is 10.0. The summed E-state index contributed by atoms with van der Waals surface area (Å²) in [5.41, 5.74) is 1.74. The van der Waals surface area contributed by atoms with Crippen LogP contribution in [0.4, 0.5) is 0 Å². The van der Waals surface area contributed by atoms with Gasteiger partial charge in [-0.25, -0.2) is 22.0 Å². The van der Waals surface area contributed by atoms with E-state index >= 15 is 0 Å². The third kappa shape index (κ3) is 3.52. The molecule has 0 spiro atoms. The van der Waals surface area contributed by atoms with E-state index in [4.69, 9.17) is 5.14 Å². The minimum absolute atomic E-state index is 0.0695. The van der Waals surface area contributed by atoms with Gasteiger partial charge in [-0.2, -0.15) is 0 Å². The number of aryl methyl sites for hydroxylation is 1. The second-order valence-electron chi connectivity index (χ2n) is 6.62. The Hall–Kier alpha value is -1.46. The normalized spacial score (nSPS) is 19.5. The van der Waals surface area contributed by atoms with E-state index in [1.165, 1.54) is 12.1 Å². The van der Waals surface area contributed by atoms with E-state index in [0.717, 1.165) is 0 Å². The number of aromatic hydroxyl groups is 1. The SMILES string of the molecule is CN(C)Cc1cc(C2CCc3cc(S(N)(=O)=O)sc3S2(=O)=O)ccc1O. The van der Waals surface area contributed by atoms with E-state index in [0.29, 0.717) is 47.4 Å². The monoisotopic (exact) mass is 416 g/mol. The van der Waals surface area contributed by atoms with Crippen LogP contribution in [0.1, 0.15) is 28.4 Å². The molecule has 3 N–H and O–H groups in total. The largest absolute Gasteiger partial charge is 0.508 e. The first-order valence-electron chi connectivity index (χ1n) is 7.86. The zero-order valence-corrected chi connectivity index (χ0v) is 16.8. The highest BCUT2D eigenvalue weighted by atomic mass is 32.3. The van der Waals surface area contributed by atoms with Crippen LogP contribution in [0.15, 0.2) is 32.7 Å². The van der Waals surface area contributed by atoms with Crippen molar-refractivity contribution in [3.05, 3.63) is 41.0 Å². The van der Waals surface area contributed by atoms with Gasteiger partial charge in [0.05, 0.1) is 5.25 Å². The fourth-order valence-electron chi connectivity index (χ4n) is 3.13. The van der Waals surface area contributed by atoms with Crippen LogP contribution in [-0.4, -0.2) is 40.9 Å². The van der Waals surface area contributed by atoms with Crippen LogP contribution in [-0.2, 0) is 32.8 Å². The summed E-state index contributed by atoms with van der Waals surface area (Å²) in [6.45, 7) is 0.478. The lowest BCUT2D eigenvalue weighted by molar-refractivity contribution is 0.385. The molecule has 0 saturated heterocycles. The smallest absolute Gasteiger partial charge is 0.247 e. The van der Waals surface area contributed by atoms with Gasteiger partial charge in [0.15, 0.2) is 9.84 Å². The first-order valence-corrected chi connectivity index (χ1v) is 11.8. The van der Waals surface area contributed by atoms with Crippen LogP contribution in [0.3, 0.4) is 0 Å². The number of rotatable bonds is 4. The van der Waals surface area contributed by atoms with Gasteiger partial charge in [0.2, 0.25) is 10.0 Å². The van der Waals surface area contributed by atoms with Crippen LogP contribution < -0.4 is 5.14 Å². The zero-order valence-electron chi connectivity index (χ0n) is 14.3. The molecule has 142 valence electrons. The molecule has 10 heteroatoms. The number of thiophene rings is 1. The van der Waals surface area contributed by atoms with Crippen molar-refractivity contribution in [2.75, 3.05) is 14.1 Å². The first kappa shape index (κ1) is 19.3. The van der Waals surface area contributed by atoms with Crippen molar-refractivity contribution in [1.82, 2.24) is 4.90 Å². The van der Waals surface area contributed by atoms with Crippen LogP contribution in [0, 0.1) is 0 Å². The molecule has 1 aromatic heterocycles. The fraction of sp³-hybridized carbons (Fsp3) is 0.375. The molecule has 26 heavy (non-hydrogen) atoms. The lowest BCUT2D eigenvalue weighted by Gasteiger charge is -2.23. The quantitative estimate of drug-likeness (QED) is 0.782. The Labute approximate surface area is 157 Å². The molecule has 2 heterocycles. The summed E-state index contributed by atoms with van der Waals surface area (Å²) < 4.78 is 49.2. The van der Waals surface area contributed by atoms with E-state index in [9.17, 15) is 21.9 Å². The molecular formula is C16H20N2O5S3. The molecule has 1 aliphatic rings. The maximum atomic E-state index is 13.1. The molecule has 1 aromatic carbocycles. The van der Waals surface area contributed by atoms with E-state index in [-0.39, 0.29) is 14.2 Å². The Morgan fingerprint density at radius 2 is 2.00 bits per heavy atom. The van der Waals surface area contributed by atoms with Gasteiger partial charge < -0.3 is 10.0 Å². The maximum absolute atomic E-state index is 13.1. The molecule has 0 bridgehead atoms. The molecule has 0 saturated carbocycles. The number of primary sulfonamides is 1. The Kier molecular flexibility index (Phi) is 4.91. The highest BCUT2D eigenvalue weighted by molar-refractivity contribution is 7.95. The molecular weight excluding hydrogens is 396 g/mol. The van der Waals surface area contributed by atoms with Crippen LogP contribution in [0.5, 0.6) is 5.75 Å². The molecule has 3 rings (SSSR count). The first-order chi connectivity index (χ1) is 12.0. The van der Waals surface area contributed by atoms with Crippen molar-refractivity contribution in [1.29, 1.82) is 0 Å². The molecule has 1 atom stereocenters. The summed E-state index contributed by atoms with van der Waals surface area (Å²) in [6, 6.07) is 6.17. The van der Waals surface area contributed by atoms with Gasteiger partial charge in [-0.15, -0.1) is 11.3 Å². The highest BCUT2D eigenvalue weighted by Gasteiger charge is 2.38. The van der Waals surface area contributed by atoms with Crippen LogP contribution in [0.2, 0.25) is 0 Å². The van der Waals surface area contributed by atoms with Gasteiger partial charge in [0.25, 0.3) is 0 Å². The van der Waals surface area contributed by atoms with Gasteiger partial charge in [-0.3, -0.25) is 0 Å². The summed E-state index contributed by atoms with van der Waals surface area (Å²) in [5, 5.41) is 14.4. The van der Waals surface area contributed by atoms with Crippen LogP contribution >= 0.6 is 11.3 Å². The Bertz CT molecular complexity index is 1060. The summed E-state index contributed by atoms with van der Waals surface area (Å²) in [6.07, 6.45) is 0.803. The molecule has 0 amide bonds. The Balaban J connectivity index is 2.05. The molecule has 2 aromatic rings. The minimum Gasteiger partial charge on any atom is -0.508 e. The number of benzene rings is 1. The third-order valence-corrected chi connectivity index (χ3v) is 9.67. The number of nitrogens with zero attached hydrogens (tertiary/aromatic N) is 1. The summed E-state index contributed by atoms with van der Waals surface area (Å²) in [5.74, 6) is 0.115. The van der Waals surface area contributed by atoms with Crippen molar-refractivity contribution in [2.45, 2.75) is 33.1 Å². The predicted molar refractivity (Wildman–Crippen MR) is 99.4 cm³/mol. The minimum atomic E-state index is -3.94. The fourth-order valence-corrected chi connectivity index (χ4v) is 7.79. The third-order valence-electron chi connectivity index (χ3n) is 4.30. The van der Waals surface area contributed by atoms with Gasteiger partial charge in [-0.1, -0.05) is 6.07 Å². The molecule has 7 nitrogen and oxygen atoms in total. The second kappa shape index (κ2) is 6.61. The van der Waals surface area contributed by atoms with Crippen molar-refractivity contribution in [2.24, 2.45) is 5.14 Å². The predicted octanol–water partition coefficient (Wildman–Crippen LogP) is 1.62. The number of sulfone groups is 1. The zero-order chi connectivity index (χ0) is 19.3. The Morgan fingerprint density at radius 3 is 2.62 bits per heavy atom. The summed E-state index contributed by atoms with van der Waals surface area (Å²) in [7, 11) is -3.96. The van der Waals surface area contributed by atoms with Gasteiger partial charge in [-0.05, 0) is 56.3 Å².